The zero-order valence-electron chi connectivity index (χ0n) is 14.1. The van der Waals surface area contributed by atoms with Gasteiger partial charge in [0.2, 0.25) is 0 Å². The zero-order valence-corrected chi connectivity index (χ0v) is 14.1. The lowest BCUT2D eigenvalue weighted by molar-refractivity contribution is -0.923. The summed E-state index contributed by atoms with van der Waals surface area (Å²) in [5, 5.41) is 0. The fourth-order valence-corrected chi connectivity index (χ4v) is 2.22. The summed E-state index contributed by atoms with van der Waals surface area (Å²) in [6.45, 7) is 18.2. The van der Waals surface area contributed by atoms with Crippen molar-refractivity contribution in [3.63, 3.8) is 0 Å². The SMILES string of the molecule is CCCCCC[N+](CC)(CC)CC.CCOC(C)=O. The molecule has 0 spiro atoms. The molecule has 0 aromatic rings. The second-order valence-electron chi connectivity index (χ2n) is 5.00. The van der Waals surface area contributed by atoms with Gasteiger partial charge in [-0.3, -0.25) is 4.79 Å². The Morgan fingerprint density at radius 3 is 1.68 bits per heavy atom. The van der Waals surface area contributed by atoms with Gasteiger partial charge >= 0.3 is 5.97 Å². The maximum absolute atomic E-state index is 9.82. The third-order valence-corrected chi connectivity index (χ3v) is 3.85. The molecule has 0 amide bonds. The van der Waals surface area contributed by atoms with Crippen LogP contribution in [0.5, 0.6) is 0 Å². The first-order chi connectivity index (χ1) is 9.01. The molecule has 116 valence electrons. The monoisotopic (exact) mass is 274 g/mol. The average molecular weight is 274 g/mol. The Bertz CT molecular complexity index is 193. The smallest absolute Gasteiger partial charge is 0.302 e. The largest absolute Gasteiger partial charge is 0.466 e. The number of quaternary nitrogens is 1. The second kappa shape index (κ2) is 13.9. The van der Waals surface area contributed by atoms with Gasteiger partial charge in [-0.25, -0.2) is 0 Å². The first-order valence-electron chi connectivity index (χ1n) is 8.00. The zero-order chi connectivity index (χ0) is 15.1. The molecule has 0 aliphatic rings. The Hall–Kier alpha value is -0.570. The summed E-state index contributed by atoms with van der Waals surface area (Å²) in [6, 6.07) is 0. The predicted molar refractivity (Wildman–Crippen MR) is 83.2 cm³/mol. The lowest BCUT2D eigenvalue weighted by Crippen LogP contribution is -2.48. The summed E-state index contributed by atoms with van der Waals surface area (Å²) in [5.41, 5.74) is 0. The standard InChI is InChI=1S/C12H28N.C4H8O2/c1-5-9-10-11-12-13(6-2,7-3)8-4;1-3-6-4(2)5/h5-12H2,1-4H3;3H2,1-2H3/q+1;. The molecule has 0 rings (SSSR count). The number of hydrogen-bond acceptors (Lipinski definition) is 2. The summed E-state index contributed by atoms with van der Waals surface area (Å²) >= 11 is 0. The van der Waals surface area contributed by atoms with Crippen molar-refractivity contribution in [1.29, 1.82) is 0 Å². The van der Waals surface area contributed by atoms with Gasteiger partial charge in [-0.05, 0) is 40.5 Å². The summed E-state index contributed by atoms with van der Waals surface area (Å²) in [7, 11) is 0. The van der Waals surface area contributed by atoms with Gasteiger partial charge in [0.25, 0.3) is 0 Å². The molecular formula is C16H36NO2+. The van der Waals surface area contributed by atoms with E-state index in [2.05, 4.69) is 32.4 Å². The minimum absolute atomic E-state index is 0.211. The highest BCUT2D eigenvalue weighted by atomic mass is 16.5. The minimum Gasteiger partial charge on any atom is -0.466 e. The van der Waals surface area contributed by atoms with E-state index in [1.165, 1.54) is 63.3 Å². The van der Waals surface area contributed by atoms with Gasteiger partial charge in [0.15, 0.2) is 0 Å². The van der Waals surface area contributed by atoms with E-state index in [-0.39, 0.29) is 5.97 Å². The van der Waals surface area contributed by atoms with Crippen molar-refractivity contribution in [2.24, 2.45) is 0 Å². The molecule has 0 aromatic heterocycles. The van der Waals surface area contributed by atoms with Crippen LogP contribution < -0.4 is 0 Å². The number of hydrogen-bond donors (Lipinski definition) is 0. The van der Waals surface area contributed by atoms with Crippen LogP contribution in [0.4, 0.5) is 0 Å². The summed E-state index contributed by atoms with van der Waals surface area (Å²) in [6.07, 6.45) is 5.61. The van der Waals surface area contributed by atoms with Crippen LogP contribution in [0.25, 0.3) is 0 Å². The number of carbonyl (C=O) groups excluding carboxylic acids is 1. The molecule has 0 heterocycles. The van der Waals surface area contributed by atoms with E-state index < -0.39 is 0 Å². The Kier molecular flexibility index (Phi) is 15.1. The highest BCUT2D eigenvalue weighted by Gasteiger charge is 2.19. The van der Waals surface area contributed by atoms with Crippen LogP contribution >= 0.6 is 0 Å². The third-order valence-electron chi connectivity index (χ3n) is 3.85. The molecule has 3 heteroatoms. The molecule has 0 atom stereocenters. The molecule has 0 bridgehead atoms. The van der Waals surface area contributed by atoms with Gasteiger partial charge in [-0.1, -0.05) is 19.8 Å². The number of carbonyl (C=O) groups is 1. The Morgan fingerprint density at radius 1 is 0.895 bits per heavy atom. The lowest BCUT2D eigenvalue weighted by atomic mass is 10.2. The molecule has 0 unspecified atom stereocenters. The van der Waals surface area contributed by atoms with Crippen LogP contribution in [-0.4, -0.2) is 43.2 Å². The van der Waals surface area contributed by atoms with Crippen LogP contribution in [0.1, 0.15) is 67.2 Å². The first kappa shape index (κ1) is 20.7. The van der Waals surface area contributed by atoms with Crippen molar-refractivity contribution < 1.29 is 14.0 Å². The van der Waals surface area contributed by atoms with E-state index in [0.29, 0.717) is 6.61 Å². The van der Waals surface area contributed by atoms with Crippen molar-refractivity contribution in [2.45, 2.75) is 67.2 Å². The summed E-state index contributed by atoms with van der Waals surface area (Å²) in [4.78, 5) is 9.82. The molecule has 0 saturated heterocycles. The van der Waals surface area contributed by atoms with Crippen LogP contribution in [0, 0.1) is 0 Å². The maximum atomic E-state index is 9.82. The number of rotatable bonds is 9. The molecule has 0 radical (unpaired) electrons. The molecule has 0 N–H and O–H groups in total. The lowest BCUT2D eigenvalue weighted by Gasteiger charge is -2.35. The van der Waals surface area contributed by atoms with E-state index in [9.17, 15) is 4.79 Å². The number of ether oxygens (including phenoxy) is 1. The predicted octanol–water partition coefficient (Wildman–Crippen LogP) is 4.01. The van der Waals surface area contributed by atoms with Crippen molar-refractivity contribution in [3.05, 3.63) is 0 Å². The molecule has 19 heavy (non-hydrogen) atoms. The fraction of sp³-hybridized carbons (Fsp3) is 0.938. The van der Waals surface area contributed by atoms with Crippen molar-refractivity contribution in [3.8, 4) is 0 Å². The highest BCUT2D eigenvalue weighted by molar-refractivity contribution is 5.65. The number of nitrogens with zero attached hydrogens (tertiary/aromatic N) is 1. The molecule has 0 aromatic carbocycles. The maximum Gasteiger partial charge on any atom is 0.302 e. The van der Waals surface area contributed by atoms with E-state index in [1.807, 2.05) is 0 Å². The van der Waals surface area contributed by atoms with Gasteiger partial charge in [0.1, 0.15) is 0 Å². The van der Waals surface area contributed by atoms with Crippen molar-refractivity contribution >= 4 is 5.97 Å². The van der Waals surface area contributed by atoms with E-state index in [4.69, 9.17) is 0 Å². The Morgan fingerprint density at radius 2 is 1.42 bits per heavy atom. The van der Waals surface area contributed by atoms with E-state index >= 15 is 0 Å². The van der Waals surface area contributed by atoms with Gasteiger partial charge in [0.05, 0.1) is 32.8 Å². The Balaban J connectivity index is 0. The van der Waals surface area contributed by atoms with Crippen LogP contribution in [0.3, 0.4) is 0 Å². The molecular weight excluding hydrogens is 238 g/mol. The fourth-order valence-electron chi connectivity index (χ4n) is 2.22. The molecule has 0 saturated carbocycles. The van der Waals surface area contributed by atoms with Crippen molar-refractivity contribution in [2.75, 3.05) is 32.8 Å². The highest BCUT2D eigenvalue weighted by Crippen LogP contribution is 2.10. The topological polar surface area (TPSA) is 26.3 Å². The quantitative estimate of drug-likeness (QED) is 0.361. The van der Waals surface area contributed by atoms with Gasteiger partial charge < -0.3 is 9.22 Å². The summed E-state index contributed by atoms with van der Waals surface area (Å²) < 4.78 is 5.73. The van der Waals surface area contributed by atoms with Crippen LogP contribution in [0.2, 0.25) is 0 Å². The molecule has 0 fully saturated rings. The van der Waals surface area contributed by atoms with Gasteiger partial charge in [-0.2, -0.15) is 0 Å². The molecule has 0 aliphatic carbocycles. The third kappa shape index (κ3) is 12.2. The normalized spacial score (nSPS) is 10.6. The van der Waals surface area contributed by atoms with E-state index in [0.717, 1.165) is 0 Å². The van der Waals surface area contributed by atoms with Crippen LogP contribution in [-0.2, 0) is 9.53 Å². The second-order valence-corrected chi connectivity index (χ2v) is 5.00. The van der Waals surface area contributed by atoms with Crippen LogP contribution in [0.15, 0.2) is 0 Å². The Labute approximate surface area is 120 Å². The minimum atomic E-state index is -0.211. The summed E-state index contributed by atoms with van der Waals surface area (Å²) in [5.74, 6) is -0.211. The molecule has 0 aliphatic heterocycles. The average Bonchev–Trinajstić information content (AvgIpc) is 2.40. The van der Waals surface area contributed by atoms with Gasteiger partial charge in [0, 0.05) is 6.92 Å². The number of esters is 1. The van der Waals surface area contributed by atoms with Gasteiger partial charge in [-0.15, -0.1) is 0 Å². The first-order valence-corrected chi connectivity index (χ1v) is 8.00. The molecule has 3 nitrogen and oxygen atoms in total. The van der Waals surface area contributed by atoms with E-state index in [1.54, 1.807) is 6.92 Å². The number of unbranched alkanes of at least 4 members (excludes halogenated alkanes) is 3. The van der Waals surface area contributed by atoms with Crippen molar-refractivity contribution in [1.82, 2.24) is 0 Å².